The molecule has 0 radical (unpaired) electrons. The lowest BCUT2D eigenvalue weighted by Gasteiger charge is -2.36. The van der Waals surface area contributed by atoms with E-state index in [9.17, 15) is 13.2 Å². The quantitative estimate of drug-likeness (QED) is 0.899. The Morgan fingerprint density at radius 1 is 1.08 bits per heavy atom. The number of para-hydroxylation sites is 1. The summed E-state index contributed by atoms with van der Waals surface area (Å²) in [6.07, 6.45) is -3.50. The van der Waals surface area contributed by atoms with Crippen LogP contribution in [-0.4, -0.2) is 30.8 Å². The third kappa shape index (κ3) is 3.55. The molecule has 0 aromatic heterocycles. The molecule has 0 unspecified atom stereocenters. The van der Waals surface area contributed by atoms with Crippen molar-refractivity contribution in [1.29, 1.82) is 0 Å². The lowest BCUT2D eigenvalue weighted by Crippen LogP contribution is -2.45. The molecule has 128 valence electrons. The standard InChI is InChI=1S/C18H19F3N2O/c19-18(20,21)14-5-7-16(8-6-14)23-12-15(22-9-10-24)11-13-3-1-2-4-17(13)23/h1-8,15,22,24H,9-12H2/t15-/m1/s1. The summed E-state index contributed by atoms with van der Waals surface area (Å²) in [4.78, 5) is 2.02. The first-order valence-electron chi connectivity index (χ1n) is 7.86. The molecule has 2 aromatic rings. The Labute approximate surface area is 138 Å². The van der Waals surface area contributed by atoms with Gasteiger partial charge in [0.15, 0.2) is 0 Å². The molecule has 1 atom stereocenters. The maximum atomic E-state index is 12.8. The van der Waals surface area contributed by atoms with Crippen LogP contribution in [0, 0.1) is 0 Å². The summed E-state index contributed by atoms with van der Waals surface area (Å²) < 4.78 is 38.3. The van der Waals surface area contributed by atoms with Gasteiger partial charge in [0.2, 0.25) is 0 Å². The van der Waals surface area contributed by atoms with Crippen LogP contribution < -0.4 is 10.2 Å². The van der Waals surface area contributed by atoms with Gasteiger partial charge in [0, 0.05) is 30.5 Å². The minimum absolute atomic E-state index is 0.0540. The van der Waals surface area contributed by atoms with Gasteiger partial charge in [-0.3, -0.25) is 0 Å². The molecule has 2 aromatic carbocycles. The van der Waals surface area contributed by atoms with Gasteiger partial charge in [-0.25, -0.2) is 0 Å². The topological polar surface area (TPSA) is 35.5 Å². The maximum absolute atomic E-state index is 12.8. The summed E-state index contributed by atoms with van der Waals surface area (Å²) in [5.74, 6) is 0. The van der Waals surface area contributed by atoms with Gasteiger partial charge < -0.3 is 15.3 Å². The number of benzene rings is 2. The van der Waals surface area contributed by atoms with Crippen molar-refractivity contribution in [2.75, 3.05) is 24.6 Å². The number of rotatable bonds is 4. The molecule has 3 rings (SSSR count). The van der Waals surface area contributed by atoms with Crippen LogP contribution in [0.25, 0.3) is 0 Å². The van der Waals surface area contributed by atoms with E-state index in [1.807, 2.05) is 29.2 Å². The van der Waals surface area contributed by atoms with Gasteiger partial charge in [0.1, 0.15) is 0 Å². The lowest BCUT2D eigenvalue weighted by atomic mass is 9.97. The molecule has 0 amide bonds. The average Bonchev–Trinajstić information content (AvgIpc) is 2.58. The number of fused-ring (bicyclic) bond motifs is 1. The predicted octanol–water partition coefficient (Wildman–Crippen LogP) is 3.35. The minimum Gasteiger partial charge on any atom is -0.395 e. The molecule has 0 saturated carbocycles. The van der Waals surface area contributed by atoms with Gasteiger partial charge in [-0.2, -0.15) is 13.2 Å². The van der Waals surface area contributed by atoms with Crippen molar-refractivity contribution < 1.29 is 18.3 Å². The highest BCUT2D eigenvalue weighted by Crippen LogP contribution is 2.35. The van der Waals surface area contributed by atoms with Crippen LogP contribution in [0.1, 0.15) is 11.1 Å². The molecular weight excluding hydrogens is 317 g/mol. The summed E-state index contributed by atoms with van der Waals surface area (Å²) >= 11 is 0. The molecule has 1 aliphatic heterocycles. The SMILES string of the molecule is OCCN[C@@H]1Cc2ccccc2N(c2ccc(C(F)(F)F)cc2)C1. The third-order valence-electron chi connectivity index (χ3n) is 4.20. The highest BCUT2D eigenvalue weighted by atomic mass is 19.4. The lowest BCUT2D eigenvalue weighted by molar-refractivity contribution is -0.137. The number of nitrogens with zero attached hydrogens (tertiary/aromatic N) is 1. The summed E-state index contributed by atoms with van der Waals surface area (Å²) in [6.45, 7) is 1.19. The molecule has 1 heterocycles. The van der Waals surface area contributed by atoms with Crippen molar-refractivity contribution >= 4 is 11.4 Å². The van der Waals surface area contributed by atoms with E-state index in [1.165, 1.54) is 12.1 Å². The van der Waals surface area contributed by atoms with Gasteiger partial charge in [-0.05, 0) is 42.3 Å². The number of nitrogens with one attached hydrogen (secondary N) is 1. The van der Waals surface area contributed by atoms with Crippen LogP contribution in [-0.2, 0) is 12.6 Å². The second-order valence-electron chi connectivity index (χ2n) is 5.86. The Balaban J connectivity index is 1.90. The van der Waals surface area contributed by atoms with Crippen molar-refractivity contribution in [3.8, 4) is 0 Å². The van der Waals surface area contributed by atoms with Crippen LogP contribution in [0.2, 0.25) is 0 Å². The fourth-order valence-corrected chi connectivity index (χ4v) is 3.08. The van der Waals surface area contributed by atoms with E-state index in [2.05, 4.69) is 5.32 Å². The summed E-state index contributed by atoms with van der Waals surface area (Å²) in [5, 5.41) is 12.3. The Bertz CT molecular complexity index is 685. The van der Waals surface area contributed by atoms with Crippen LogP contribution in [0.4, 0.5) is 24.5 Å². The zero-order valence-corrected chi connectivity index (χ0v) is 13.1. The fraction of sp³-hybridized carbons (Fsp3) is 0.333. The highest BCUT2D eigenvalue weighted by Gasteiger charge is 2.31. The summed E-state index contributed by atoms with van der Waals surface area (Å²) in [7, 11) is 0. The molecule has 0 spiro atoms. The molecule has 0 fully saturated rings. The van der Waals surface area contributed by atoms with Crippen molar-refractivity contribution in [2.45, 2.75) is 18.6 Å². The van der Waals surface area contributed by atoms with Gasteiger partial charge in [0.05, 0.1) is 12.2 Å². The van der Waals surface area contributed by atoms with Gasteiger partial charge in [0.25, 0.3) is 0 Å². The largest absolute Gasteiger partial charge is 0.416 e. The van der Waals surface area contributed by atoms with Crippen molar-refractivity contribution in [3.63, 3.8) is 0 Å². The van der Waals surface area contributed by atoms with Crippen molar-refractivity contribution in [3.05, 3.63) is 59.7 Å². The number of aliphatic hydroxyl groups excluding tert-OH is 1. The van der Waals surface area contributed by atoms with Crippen molar-refractivity contribution in [2.24, 2.45) is 0 Å². The Hall–Kier alpha value is -2.05. The fourth-order valence-electron chi connectivity index (χ4n) is 3.08. The highest BCUT2D eigenvalue weighted by molar-refractivity contribution is 5.68. The van der Waals surface area contributed by atoms with E-state index in [-0.39, 0.29) is 12.6 Å². The molecular formula is C18H19F3N2O. The number of hydrogen-bond donors (Lipinski definition) is 2. The molecule has 24 heavy (non-hydrogen) atoms. The number of alkyl halides is 3. The van der Waals surface area contributed by atoms with Gasteiger partial charge in [-0.1, -0.05) is 18.2 Å². The monoisotopic (exact) mass is 336 g/mol. The Morgan fingerprint density at radius 3 is 2.46 bits per heavy atom. The second kappa shape index (κ2) is 6.83. The average molecular weight is 336 g/mol. The molecule has 3 nitrogen and oxygen atoms in total. The van der Waals surface area contributed by atoms with Crippen molar-refractivity contribution in [1.82, 2.24) is 5.32 Å². The van der Waals surface area contributed by atoms with E-state index < -0.39 is 11.7 Å². The van der Waals surface area contributed by atoms with Crippen LogP contribution >= 0.6 is 0 Å². The molecule has 2 N–H and O–H groups in total. The number of hydrogen-bond acceptors (Lipinski definition) is 3. The van der Waals surface area contributed by atoms with E-state index in [0.717, 1.165) is 35.5 Å². The number of anilines is 2. The first-order valence-corrected chi connectivity index (χ1v) is 7.86. The van der Waals surface area contributed by atoms with Crippen LogP contribution in [0.3, 0.4) is 0 Å². The zero-order valence-electron chi connectivity index (χ0n) is 13.1. The first kappa shape index (κ1) is 16.8. The molecule has 1 aliphatic rings. The van der Waals surface area contributed by atoms with Crippen LogP contribution in [0.15, 0.2) is 48.5 Å². The second-order valence-corrected chi connectivity index (χ2v) is 5.86. The summed E-state index contributed by atoms with van der Waals surface area (Å²) in [6, 6.07) is 13.3. The Kier molecular flexibility index (Phi) is 4.78. The third-order valence-corrected chi connectivity index (χ3v) is 4.20. The Morgan fingerprint density at radius 2 is 1.79 bits per heavy atom. The predicted molar refractivity (Wildman–Crippen MR) is 87.5 cm³/mol. The maximum Gasteiger partial charge on any atom is 0.416 e. The molecule has 6 heteroatoms. The smallest absolute Gasteiger partial charge is 0.395 e. The normalized spacial score (nSPS) is 17.7. The van der Waals surface area contributed by atoms with E-state index in [4.69, 9.17) is 5.11 Å². The van der Waals surface area contributed by atoms with Gasteiger partial charge in [-0.15, -0.1) is 0 Å². The minimum atomic E-state index is -4.33. The van der Waals surface area contributed by atoms with E-state index >= 15 is 0 Å². The van der Waals surface area contributed by atoms with E-state index in [1.54, 1.807) is 0 Å². The molecule has 0 aliphatic carbocycles. The number of aliphatic hydroxyl groups is 1. The van der Waals surface area contributed by atoms with Crippen LogP contribution in [0.5, 0.6) is 0 Å². The zero-order chi connectivity index (χ0) is 17.2. The van der Waals surface area contributed by atoms with Gasteiger partial charge >= 0.3 is 6.18 Å². The molecule has 0 saturated heterocycles. The summed E-state index contributed by atoms with van der Waals surface area (Å²) in [5.41, 5.74) is 2.23. The first-order chi connectivity index (χ1) is 11.5. The molecule has 0 bridgehead atoms. The number of halogens is 3. The van der Waals surface area contributed by atoms with E-state index in [0.29, 0.717) is 13.1 Å².